The molecule has 102 valence electrons. The fourth-order valence-corrected chi connectivity index (χ4v) is 2.08. The molecule has 18 heavy (non-hydrogen) atoms. The van der Waals surface area contributed by atoms with Crippen molar-refractivity contribution in [3.05, 3.63) is 5.89 Å². The highest BCUT2D eigenvalue weighted by atomic mass is 32.2. The maximum absolute atomic E-state index is 11.5. The van der Waals surface area contributed by atoms with Crippen LogP contribution in [0.15, 0.2) is 9.64 Å². The Morgan fingerprint density at radius 3 is 2.83 bits per heavy atom. The Kier molecular flexibility index (Phi) is 5.61. The summed E-state index contributed by atoms with van der Waals surface area (Å²) in [4.78, 5) is 11.5. The Balaban J connectivity index is 2.26. The Labute approximate surface area is 111 Å². The van der Waals surface area contributed by atoms with E-state index in [0.717, 1.165) is 12.2 Å². The van der Waals surface area contributed by atoms with E-state index in [4.69, 9.17) is 14.9 Å². The van der Waals surface area contributed by atoms with Crippen LogP contribution in [0.5, 0.6) is 0 Å². The van der Waals surface area contributed by atoms with Gasteiger partial charge in [0.05, 0.1) is 6.61 Å². The molecule has 1 atom stereocenters. The van der Waals surface area contributed by atoms with Gasteiger partial charge in [-0.3, -0.25) is 4.79 Å². The first-order chi connectivity index (χ1) is 8.45. The smallest absolute Gasteiger partial charge is 0.325 e. The molecular weight excluding hydrogens is 254 g/mol. The van der Waals surface area contributed by atoms with Gasteiger partial charge in [-0.15, -0.1) is 10.2 Å². The van der Waals surface area contributed by atoms with Crippen molar-refractivity contribution in [2.45, 2.75) is 44.4 Å². The summed E-state index contributed by atoms with van der Waals surface area (Å²) >= 11 is 1.46. The maximum Gasteiger partial charge on any atom is 0.325 e. The largest absolute Gasteiger partial charge is 0.465 e. The number of carbonyl (C=O) groups excluding carboxylic acids is 1. The van der Waals surface area contributed by atoms with Gasteiger partial charge in [-0.25, -0.2) is 0 Å². The molecule has 0 bridgehead atoms. The highest BCUT2D eigenvalue weighted by Gasteiger charge is 2.29. The third kappa shape index (κ3) is 4.66. The highest BCUT2D eigenvalue weighted by molar-refractivity contribution is 7.99. The number of aromatic nitrogens is 2. The number of aryl methyl sites for hydroxylation is 1. The minimum atomic E-state index is -0.929. The molecule has 1 aromatic heterocycles. The average Bonchev–Trinajstić information content (AvgIpc) is 2.71. The standard InChI is InChI=1S/C11H19N3O3S/c1-4-16-9(15)11(3,12)6-5-7-18-10-14-13-8(2)17-10/h4-7,12H2,1-3H3. The van der Waals surface area contributed by atoms with E-state index in [1.807, 2.05) is 0 Å². The quantitative estimate of drug-likeness (QED) is 0.457. The first kappa shape index (κ1) is 15.0. The summed E-state index contributed by atoms with van der Waals surface area (Å²) in [5, 5.41) is 8.14. The van der Waals surface area contributed by atoms with E-state index in [1.165, 1.54) is 11.8 Å². The summed E-state index contributed by atoms with van der Waals surface area (Å²) in [6.45, 7) is 5.55. The van der Waals surface area contributed by atoms with Crippen molar-refractivity contribution < 1.29 is 13.9 Å². The summed E-state index contributed by atoms with van der Waals surface area (Å²) in [5.74, 6) is 0.963. The lowest BCUT2D eigenvalue weighted by Gasteiger charge is -2.21. The molecule has 0 amide bonds. The van der Waals surface area contributed by atoms with E-state index in [0.29, 0.717) is 24.1 Å². The molecule has 0 aromatic carbocycles. The van der Waals surface area contributed by atoms with Gasteiger partial charge < -0.3 is 14.9 Å². The molecule has 1 aromatic rings. The molecule has 0 aliphatic rings. The van der Waals surface area contributed by atoms with Gasteiger partial charge in [-0.2, -0.15) is 0 Å². The molecular formula is C11H19N3O3S. The average molecular weight is 273 g/mol. The zero-order valence-electron chi connectivity index (χ0n) is 10.9. The van der Waals surface area contributed by atoms with E-state index in [2.05, 4.69) is 10.2 Å². The molecule has 0 saturated carbocycles. The summed E-state index contributed by atoms with van der Waals surface area (Å²) < 4.78 is 10.1. The van der Waals surface area contributed by atoms with E-state index in [9.17, 15) is 4.79 Å². The molecule has 0 fully saturated rings. The third-order valence-corrected chi connectivity index (χ3v) is 3.22. The zero-order valence-corrected chi connectivity index (χ0v) is 11.7. The van der Waals surface area contributed by atoms with Crippen LogP contribution in [0.2, 0.25) is 0 Å². The molecule has 0 saturated heterocycles. The number of ether oxygens (including phenoxy) is 1. The van der Waals surface area contributed by atoms with Crippen LogP contribution >= 0.6 is 11.8 Å². The van der Waals surface area contributed by atoms with E-state index in [1.54, 1.807) is 20.8 Å². The number of hydrogen-bond donors (Lipinski definition) is 1. The SMILES string of the molecule is CCOC(=O)C(C)(N)CCCSc1nnc(C)o1. The van der Waals surface area contributed by atoms with Crippen LogP contribution in [0.4, 0.5) is 0 Å². The van der Waals surface area contributed by atoms with Crippen molar-refractivity contribution in [3.63, 3.8) is 0 Å². The van der Waals surface area contributed by atoms with Crippen molar-refractivity contribution in [2.24, 2.45) is 5.73 Å². The summed E-state index contributed by atoms with van der Waals surface area (Å²) in [7, 11) is 0. The molecule has 0 aliphatic carbocycles. The van der Waals surface area contributed by atoms with Gasteiger partial charge in [0.2, 0.25) is 5.89 Å². The van der Waals surface area contributed by atoms with Gasteiger partial charge in [0, 0.05) is 12.7 Å². The molecule has 0 spiro atoms. The number of thioether (sulfide) groups is 1. The number of esters is 1. The molecule has 0 radical (unpaired) electrons. The monoisotopic (exact) mass is 273 g/mol. The maximum atomic E-state index is 11.5. The van der Waals surface area contributed by atoms with Gasteiger partial charge in [0.15, 0.2) is 0 Å². The number of carbonyl (C=O) groups is 1. The lowest BCUT2D eigenvalue weighted by Crippen LogP contribution is -2.46. The zero-order chi connectivity index (χ0) is 13.6. The Morgan fingerprint density at radius 1 is 1.56 bits per heavy atom. The molecule has 7 heteroatoms. The second-order valence-corrected chi connectivity index (χ2v) is 5.22. The minimum absolute atomic E-state index is 0.349. The second-order valence-electron chi connectivity index (χ2n) is 4.18. The molecule has 1 heterocycles. The first-order valence-corrected chi connectivity index (χ1v) is 6.83. The summed E-state index contributed by atoms with van der Waals surface area (Å²) in [6.07, 6.45) is 1.34. The predicted molar refractivity (Wildman–Crippen MR) is 68.2 cm³/mol. The first-order valence-electron chi connectivity index (χ1n) is 5.84. The van der Waals surface area contributed by atoms with E-state index >= 15 is 0 Å². The third-order valence-electron chi connectivity index (χ3n) is 2.32. The lowest BCUT2D eigenvalue weighted by molar-refractivity contribution is -0.149. The van der Waals surface area contributed by atoms with Gasteiger partial charge in [-0.05, 0) is 26.7 Å². The van der Waals surface area contributed by atoms with Crippen molar-refractivity contribution in [1.29, 1.82) is 0 Å². The van der Waals surface area contributed by atoms with E-state index in [-0.39, 0.29) is 5.97 Å². The summed E-state index contributed by atoms with van der Waals surface area (Å²) in [6, 6.07) is 0. The van der Waals surface area contributed by atoms with Crippen LogP contribution in [-0.4, -0.2) is 34.1 Å². The van der Waals surface area contributed by atoms with Crippen LogP contribution in [0, 0.1) is 6.92 Å². The summed E-state index contributed by atoms with van der Waals surface area (Å²) in [5.41, 5.74) is 4.97. The molecule has 2 N–H and O–H groups in total. The Bertz CT molecular complexity index is 393. The van der Waals surface area contributed by atoms with Crippen LogP contribution < -0.4 is 5.73 Å². The molecule has 1 unspecified atom stereocenters. The Hall–Kier alpha value is -1.08. The van der Waals surface area contributed by atoms with Crippen molar-refractivity contribution in [3.8, 4) is 0 Å². The van der Waals surface area contributed by atoms with Gasteiger partial charge >= 0.3 is 5.97 Å². The second kappa shape index (κ2) is 6.75. The van der Waals surface area contributed by atoms with Gasteiger partial charge in [0.25, 0.3) is 5.22 Å². The van der Waals surface area contributed by atoms with Crippen LogP contribution in [0.25, 0.3) is 0 Å². The number of rotatable bonds is 7. The minimum Gasteiger partial charge on any atom is -0.465 e. The number of nitrogens with two attached hydrogens (primary N) is 1. The predicted octanol–water partition coefficient (Wildman–Crippen LogP) is 1.53. The van der Waals surface area contributed by atoms with Crippen molar-refractivity contribution >= 4 is 17.7 Å². The Morgan fingerprint density at radius 2 is 2.28 bits per heavy atom. The molecule has 6 nitrogen and oxygen atoms in total. The van der Waals surface area contributed by atoms with Crippen LogP contribution in [0.3, 0.4) is 0 Å². The highest BCUT2D eigenvalue weighted by Crippen LogP contribution is 2.19. The molecule has 0 aliphatic heterocycles. The van der Waals surface area contributed by atoms with Crippen LogP contribution in [-0.2, 0) is 9.53 Å². The lowest BCUT2D eigenvalue weighted by atomic mass is 9.98. The van der Waals surface area contributed by atoms with Gasteiger partial charge in [-0.1, -0.05) is 11.8 Å². The van der Waals surface area contributed by atoms with Crippen molar-refractivity contribution in [1.82, 2.24) is 10.2 Å². The fraction of sp³-hybridized carbons (Fsp3) is 0.727. The van der Waals surface area contributed by atoms with Gasteiger partial charge in [0.1, 0.15) is 5.54 Å². The fourth-order valence-electron chi connectivity index (χ4n) is 1.33. The normalized spacial score (nSPS) is 14.2. The van der Waals surface area contributed by atoms with Crippen LogP contribution in [0.1, 0.15) is 32.6 Å². The van der Waals surface area contributed by atoms with Crippen molar-refractivity contribution in [2.75, 3.05) is 12.4 Å². The number of nitrogens with zero attached hydrogens (tertiary/aromatic N) is 2. The topological polar surface area (TPSA) is 91.2 Å². The number of hydrogen-bond acceptors (Lipinski definition) is 7. The molecule has 1 rings (SSSR count). The van der Waals surface area contributed by atoms with E-state index < -0.39 is 5.54 Å².